The molecule has 1 aliphatic rings. The molecule has 79 heavy (non-hydrogen) atoms. The normalized spacial score (nSPS) is 19.5. The minimum absolute atomic E-state index is 0.243. The van der Waals surface area contributed by atoms with Gasteiger partial charge in [0.05, 0.1) is 25.4 Å². The fraction of sp³-hybridized carbons (Fsp3) is 0.897. The summed E-state index contributed by atoms with van der Waals surface area (Å²) in [7, 11) is 0. The van der Waals surface area contributed by atoms with Crippen molar-refractivity contribution in [2.24, 2.45) is 0 Å². The van der Waals surface area contributed by atoms with Crippen LogP contribution in [0.15, 0.2) is 36.5 Å². The third kappa shape index (κ3) is 44.5. The Balaban J connectivity index is 2.26. The molecule has 11 heteroatoms. The molecule has 0 spiro atoms. The fourth-order valence-electron chi connectivity index (χ4n) is 10.9. The molecule has 1 aliphatic heterocycles. The predicted octanol–water partition coefficient (Wildman–Crippen LogP) is 15.8. The van der Waals surface area contributed by atoms with Gasteiger partial charge in [0.2, 0.25) is 5.91 Å². The van der Waals surface area contributed by atoms with Gasteiger partial charge in [-0.3, -0.25) is 4.79 Å². The Morgan fingerprint density at radius 2 is 0.759 bits per heavy atom. The van der Waals surface area contributed by atoms with Gasteiger partial charge in [0.1, 0.15) is 36.6 Å². The summed E-state index contributed by atoms with van der Waals surface area (Å²) in [6, 6.07) is -1.19. The van der Waals surface area contributed by atoms with E-state index in [1.165, 1.54) is 231 Å². The van der Waals surface area contributed by atoms with Crippen LogP contribution < -0.4 is 5.32 Å². The van der Waals surface area contributed by atoms with E-state index in [0.29, 0.717) is 19.3 Å². The van der Waals surface area contributed by atoms with Crippen LogP contribution in [-0.4, -0.2) is 110 Å². The zero-order chi connectivity index (χ0) is 57.5. The largest absolute Gasteiger partial charge is 0.394 e. The number of hydrogen-bond acceptors (Lipinski definition) is 10. The van der Waals surface area contributed by atoms with Crippen molar-refractivity contribution in [1.82, 2.24) is 5.32 Å². The summed E-state index contributed by atoms with van der Waals surface area (Å²) in [5.74, 6) is -0.707. The first-order chi connectivity index (χ1) is 38.7. The van der Waals surface area contributed by atoms with E-state index in [9.17, 15) is 40.5 Å². The van der Waals surface area contributed by atoms with Crippen LogP contribution in [0.1, 0.15) is 322 Å². The first kappa shape index (κ1) is 75.3. The van der Waals surface area contributed by atoms with Crippen molar-refractivity contribution in [3.05, 3.63) is 36.5 Å². The molecule has 1 saturated heterocycles. The Hall–Kier alpha value is -1.67. The molecule has 9 unspecified atom stereocenters. The monoisotopic (exact) mass is 1120 g/mol. The van der Waals surface area contributed by atoms with Gasteiger partial charge in [-0.1, -0.05) is 294 Å². The summed E-state index contributed by atoms with van der Waals surface area (Å²) >= 11 is 0. The Labute approximate surface area is 486 Å². The van der Waals surface area contributed by atoms with E-state index in [2.05, 4.69) is 55.6 Å². The van der Waals surface area contributed by atoms with Crippen molar-refractivity contribution in [2.75, 3.05) is 13.2 Å². The van der Waals surface area contributed by atoms with E-state index in [4.69, 9.17) is 9.47 Å². The summed E-state index contributed by atoms with van der Waals surface area (Å²) in [4.78, 5) is 13.2. The second kappa shape index (κ2) is 56.8. The molecule has 0 radical (unpaired) electrons. The summed E-state index contributed by atoms with van der Waals surface area (Å²) in [6.45, 7) is 3.48. The van der Waals surface area contributed by atoms with Gasteiger partial charge in [-0.2, -0.15) is 0 Å². The Morgan fingerprint density at radius 3 is 1.13 bits per heavy atom. The molecule has 0 aromatic carbocycles. The molecule has 8 N–H and O–H groups in total. The van der Waals surface area contributed by atoms with Gasteiger partial charge < -0.3 is 50.5 Å². The minimum Gasteiger partial charge on any atom is -0.394 e. The number of aliphatic hydroxyl groups excluding tert-OH is 7. The molecule has 0 bridgehead atoms. The van der Waals surface area contributed by atoms with E-state index in [1.807, 2.05) is 0 Å². The van der Waals surface area contributed by atoms with E-state index < -0.39 is 74.2 Å². The highest BCUT2D eigenvalue weighted by Crippen LogP contribution is 2.24. The number of allylic oxidation sites excluding steroid dienone is 6. The second-order valence-electron chi connectivity index (χ2n) is 23.9. The highest BCUT2D eigenvalue weighted by molar-refractivity contribution is 5.80. The summed E-state index contributed by atoms with van der Waals surface area (Å²) in [5.41, 5.74) is 0. The van der Waals surface area contributed by atoms with E-state index in [-0.39, 0.29) is 12.8 Å². The van der Waals surface area contributed by atoms with Gasteiger partial charge >= 0.3 is 0 Å². The number of unbranched alkanes of at least 4 members (excludes halogenated alkanes) is 41. The lowest BCUT2D eigenvalue weighted by atomic mass is 9.98. The molecule has 11 nitrogen and oxygen atoms in total. The lowest BCUT2D eigenvalue weighted by Gasteiger charge is -2.40. The second-order valence-corrected chi connectivity index (χ2v) is 23.9. The van der Waals surface area contributed by atoms with E-state index in [0.717, 1.165) is 44.9 Å². The lowest BCUT2D eigenvalue weighted by Crippen LogP contribution is -2.60. The Bertz CT molecular complexity index is 1380. The van der Waals surface area contributed by atoms with Gasteiger partial charge in [0.15, 0.2) is 6.29 Å². The summed E-state index contributed by atoms with van der Waals surface area (Å²) in [6.07, 6.45) is 60.8. The number of nitrogens with one attached hydrogen (secondary N) is 1. The maximum atomic E-state index is 13.2. The first-order valence-corrected chi connectivity index (χ1v) is 33.9. The van der Waals surface area contributed by atoms with Gasteiger partial charge in [0.25, 0.3) is 0 Å². The molecule has 9 atom stereocenters. The molecule has 1 heterocycles. The SMILES string of the molecule is CCCCCCCCCCCCCC/C=C/CC/C=C/CC/C=C/CCCC(O)C(O)C(COC1OC(CO)C(O)C(O)C1O)NC(=O)C(O)CCCCCCCCCCCCCCCCCCCCCCCCCCCCC. The average molecular weight is 1120 g/mol. The standard InChI is InChI=1S/C68H129NO10/c1-3-5-7-9-11-13-15-17-19-21-23-25-27-29-30-32-34-36-38-40-42-44-46-48-50-52-54-56-61(72)67(77)69-59(58-78-68-66(76)65(75)64(74)62(57-70)79-68)63(73)60(71)55-53-51-49-47-45-43-41-39-37-35-33-31-28-26-24-22-20-18-16-14-12-10-8-6-4-2/h31,33,39,41,47,49,59-66,68,70-76H,3-30,32,34-38,40,42-46,48,50-58H2,1-2H3,(H,69,77)/b33-31+,41-39+,49-47+. The van der Waals surface area contributed by atoms with Crippen LogP contribution in [0.5, 0.6) is 0 Å². The van der Waals surface area contributed by atoms with Crippen LogP contribution in [0.2, 0.25) is 0 Å². The maximum absolute atomic E-state index is 13.2. The van der Waals surface area contributed by atoms with Crippen LogP contribution in [-0.2, 0) is 14.3 Å². The zero-order valence-corrected chi connectivity index (χ0v) is 51.4. The molecular weight excluding hydrogens is 991 g/mol. The van der Waals surface area contributed by atoms with Gasteiger partial charge in [-0.25, -0.2) is 0 Å². The molecule has 466 valence electrons. The van der Waals surface area contributed by atoms with Crippen molar-refractivity contribution in [1.29, 1.82) is 0 Å². The average Bonchev–Trinajstić information content (AvgIpc) is 3.46. The van der Waals surface area contributed by atoms with Crippen molar-refractivity contribution in [2.45, 2.75) is 377 Å². The number of ether oxygens (including phenoxy) is 2. The predicted molar refractivity (Wildman–Crippen MR) is 330 cm³/mol. The van der Waals surface area contributed by atoms with Crippen LogP contribution in [0.4, 0.5) is 0 Å². The molecule has 0 aromatic rings. The van der Waals surface area contributed by atoms with Crippen LogP contribution >= 0.6 is 0 Å². The molecule has 0 saturated carbocycles. The van der Waals surface area contributed by atoms with E-state index in [1.54, 1.807) is 0 Å². The van der Waals surface area contributed by atoms with Crippen LogP contribution in [0.25, 0.3) is 0 Å². The van der Waals surface area contributed by atoms with Crippen molar-refractivity contribution in [3.8, 4) is 0 Å². The van der Waals surface area contributed by atoms with Crippen molar-refractivity contribution < 1.29 is 50.0 Å². The van der Waals surface area contributed by atoms with E-state index >= 15 is 0 Å². The summed E-state index contributed by atoms with van der Waals surface area (Å²) in [5, 5.41) is 76.4. The molecule has 1 rings (SSSR count). The topological polar surface area (TPSA) is 189 Å². The third-order valence-corrected chi connectivity index (χ3v) is 16.4. The lowest BCUT2D eigenvalue weighted by molar-refractivity contribution is -0.303. The number of carbonyl (C=O) groups excluding carboxylic acids is 1. The number of aliphatic hydroxyl groups is 7. The Kier molecular flexibility index (Phi) is 54.2. The van der Waals surface area contributed by atoms with Gasteiger partial charge in [-0.15, -0.1) is 0 Å². The molecular formula is C68H129NO10. The first-order valence-electron chi connectivity index (χ1n) is 33.9. The third-order valence-electron chi connectivity index (χ3n) is 16.4. The van der Waals surface area contributed by atoms with Gasteiger partial charge in [-0.05, 0) is 64.2 Å². The number of amides is 1. The van der Waals surface area contributed by atoms with Crippen molar-refractivity contribution >= 4 is 5.91 Å². The Morgan fingerprint density at radius 1 is 0.430 bits per heavy atom. The minimum atomic E-state index is -1.67. The molecule has 1 amide bonds. The van der Waals surface area contributed by atoms with Crippen LogP contribution in [0.3, 0.4) is 0 Å². The number of rotatable bonds is 59. The number of carbonyl (C=O) groups is 1. The smallest absolute Gasteiger partial charge is 0.249 e. The fourth-order valence-corrected chi connectivity index (χ4v) is 10.9. The summed E-state index contributed by atoms with van der Waals surface area (Å²) < 4.78 is 11.2. The van der Waals surface area contributed by atoms with Crippen LogP contribution in [0, 0.1) is 0 Å². The highest BCUT2D eigenvalue weighted by atomic mass is 16.7. The van der Waals surface area contributed by atoms with Crippen molar-refractivity contribution in [3.63, 3.8) is 0 Å². The highest BCUT2D eigenvalue weighted by Gasteiger charge is 2.44. The maximum Gasteiger partial charge on any atom is 0.249 e. The van der Waals surface area contributed by atoms with Gasteiger partial charge in [0, 0.05) is 0 Å². The molecule has 0 aromatic heterocycles. The molecule has 1 fully saturated rings. The molecule has 0 aliphatic carbocycles. The zero-order valence-electron chi connectivity index (χ0n) is 51.4. The quantitative estimate of drug-likeness (QED) is 0.0215. The number of hydrogen-bond donors (Lipinski definition) is 8.